The number of rotatable bonds is 6. The smallest absolute Gasteiger partial charge is 0.328 e. The molecule has 2 aromatic rings. The number of benzene rings is 2. The predicted molar refractivity (Wildman–Crippen MR) is 113 cm³/mol. The maximum Gasteiger partial charge on any atom is 0.328 e. The van der Waals surface area contributed by atoms with Crippen molar-refractivity contribution >= 4 is 11.9 Å². The minimum atomic E-state index is -1.26. The minimum absolute atomic E-state index is 0.194. The third-order valence-electron chi connectivity index (χ3n) is 5.08. The van der Waals surface area contributed by atoms with E-state index in [1.807, 2.05) is 30.3 Å². The highest BCUT2D eigenvalue weighted by Gasteiger charge is 2.27. The van der Waals surface area contributed by atoms with E-state index in [0.29, 0.717) is 30.6 Å². The summed E-state index contributed by atoms with van der Waals surface area (Å²) in [4.78, 5) is 19.1. The van der Waals surface area contributed by atoms with Gasteiger partial charge in [0.25, 0.3) is 0 Å². The van der Waals surface area contributed by atoms with Crippen LogP contribution in [0.25, 0.3) is 0 Å². The highest BCUT2D eigenvalue weighted by molar-refractivity contribution is 5.89. The second-order valence-electron chi connectivity index (χ2n) is 7.25. The lowest BCUT2D eigenvalue weighted by molar-refractivity contribution is -0.134. The van der Waals surface area contributed by atoms with Gasteiger partial charge >= 0.3 is 11.9 Å². The molecule has 0 bridgehead atoms. The van der Waals surface area contributed by atoms with Gasteiger partial charge in [-0.05, 0) is 48.7 Å². The van der Waals surface area contributed by atoms with Crippen molar-refractivity contribution < 1.29 is 38.4 Å². The van der Waals surface area contributed by atoms with Crippen molar-refractivity contribution in [1.82, 2.24) is 5.32 Å². The Bertz CT molecular complexity index is 945. The number of carboxylic acid groups (broad SMARTS) is 2. The Balaban J connectivity index is 0.000000312. The number of ether oxygens (including phenoxy) is 3. The molecule has 0 aliphatic carbocycles. The van der Waals surface area contributed by atoms with Gasteiger partial charge in [-0.2, -0.15) is 0 Å². The molecule has 4 rings (SSSR count). The molecule has 9 heteroatoms. The van der Waals surface area contributed by atoms with Crippen molar-refractivity contribution in [2.24, 2.45) is 5.92 Å². The average molecular weight is 445 g/mol. The van der Waals surface area contributed by atoms with Gasteiger partial charge in [0, 0.05) is 30.7 Å². The van der Waals surface area contributed by atoms with Crippen LogP contribution in [0.5, 0.6) is 17.2 Å². The minimum Gasteiger partial charge on any atom is -0.493 e. The quantitative estimate of drug-likeness (QED) is 0.582. The largest absolute Gasteiger partial charge is 0.493 e. The fraction of sp³-hybridized carbons (Fsp3) is 0.304. The van der Waals surface area contributed by atoms with Crippen LogP contribution >= 0.6 is 0 Å². The van der Waals surface area contributed by atoms with Crippen LogP contribution in [0, 0.1) is 11.7 Å². The lowest BCUT2D eigenvalue weighted by Crippen LogP contribution is -2.38. The van der Waals surface area contributed by atoms with E-state index in [-0.39, 0.29) is 12.6 Å². The molecule has 1 fully saturated rings. The lowest BCUT2D eigenvalue weighted by atomic mass is 9.81. The van der Waals surface area contributed by atoms with Crippen LogP contribution in [-0.2, 0) is 9.59 Å². The number of aliphatic carboxylic acids is 2. The highest BCUT2D eigenvalue weighted by Crippen LogP contribution is 2.36. The molecule has 2 aromatic carbocycles. The first-order valence-corrected chi connectivity index (χ1v) is 10.0. The lowest BCUT2D eigenvalue weighted by Gasteiger charge is -2.32. The normalized spacial score (nSPS) is 19.2. The molecule has 2 atom stereocenters. The Morgan fingerprint density at radius 1 is 1.06 bits per heavy atom. The van der Waals surface area contributed by atoms with E-state index in [9.17, 15) is 14.0 Å². The van der Waals surface area contributed by atoms with Gasteiger partial charge in [0.2, 0.25) is 6.79 Å². The first-order valence-electron chi connectivity index (χ1n) is 10.0. The van der Waals surface area contributed by atoms with E-state index in [2.05, 4.69) is 5.32 Å². The summed E-state index contributed by atoms with van der Waals surface area (Å²) in [5.41, 5.74) is 1.18. The van der Waals surface area contributed by atoms with E-state index in [1.165, 1.54) is 17.7 Å². The summed E-state index contributed by atoms with van der Waals surface area (Å²) >= 11 is 0. The van der Waals surface area contributed by atoms with Gasteiger partial charge in [0.1, 0.15) is 11.6 Å². The number of piperidine rings is 1. The highest BCUT2D eigenvalue weighted by atomic mass is 19.1. The maximum atomic E-state index is 13.2. The second kappa shape index (κ2) is 11.1. The Labute approximate surface area is 184 Å². The summed E-state index contributed by atoms with van der Waals surface area (Å²) in [6.07, 6.45) is 2.14. The summed E-state index contributed by atoms with van der Waals surface area (Å²) in [5.74, 6) is 0.272. The number of carbonyl (C=O) groups is 2. The van der Waals surface area contributed by atoms with E-state index < -0.39 is 11.9 Å². The van der Waals surface area contributed by atoms with E-state index >= 15 is 0 Å². The summed E-state index contributed by atoms with van der Waals surface area (Å²) < 4.78 is 29.9. The van der Waals surface area contributed by atoms with Gasteiger partial charge in [-0.25, -0.2) is 14.0 Å². The fourth-order valence-electron chi connectivity index (χ4n) is 3.56. The van der Waals surface area contributed by atoms with Crippen molar-refractivity contribution in [3.05, 3.63) is 66.0 Å². The monoisotopic (exact) mass is 445 g/mol. The molecule has 2 aliphatic heterocycles. The van der Waals surface area contributed by atoms with Gasteiger partial charge in [-0.1, -0.05) is 12.1 Å². The van der Waals surface area contributed by atoms with Crippen LogP contribution in [0.4, 0.5) is 4.39 Å². The van der Waals surface area contributed by atoms with E-state index in [0.717, 1.165) is 36.8 Å². The molecule has 1 saturated heterocycles. The van der Waals surface area contributed by atoms with Crippen molar-refractivity contribution in [3.8, 4) is 17.2 Å². The van der Waals surface area contributed by atoms with Gasteiger partial charge < -0.3 is 29.7 Å². The van der Waals surface area contributed by atoms with Crippen LogP contribution in [-0.4, -0.2) is 48.6 Å². The first-order chi connectivity index (χ1) is 15.4. The van der Waals surface area contributed by atoms with Crippen LogP contribution in [0.3, 0.4) is 0 Å². The standard InChI is InChI=1S/C19H20FNO3.C4H4O4/c20-15-3-1-13(2-4-15)17-7-8-21-10-14(17)11-22-16-5-6-18-19(9-16)24-12-23-18;5-3(6)1-2-4(7)8/h1-6,9,14,17,21H,7-8,10-12H2;1-2H,(H,5,6)(H,7,8)/t14-,17-;/m0./s1. The Morgan fingerprint density at radius 2 is 1.75 bits per heavy atom. The molecule has 3 N–H and O–H groups in total. The SMILES string of the molecule is Fc1ccc([C@@H]2CCNC[C@H]2COc2ccc3c(c2)OCO3)cc1.O=C(O)C=CC(=O)O. The molecule has 0 spiro atoms. The Kier molecular flexibility index (Phi) is 8.04. The molecule has 2 heterocycles. The average Bonchev–Trinajstić information content (AvgIpc) is 3.25. The number of carboxylic acids is 2. The van der Waals surface area contributed by atoms with Gasteiger partial charge in [-0.3, -0.25) is 0 Å². The van der Waals surface area contributed by atoms with Crippen LogP contribution < -0.4 is 19.5 Å². The van der Waals surface area contributed by atoms with Crippen molar-refractivity contribution in [2.45, 2.75) is 12.3 Å². The summed E-state index contributed by atoms with van der Waals surface area (Å²) in [6, 6.07) is 12.5. The van der Waals surface area contributed by atoms with Crippen LogP contribution in [0.15, 0.2) is 54.6 Å². The molecular formula is C23H24FNO7. The molecule has 0 amide bonds. The van der Waals surface area contributed by atoms with Gasteiger partial charge in [0.15, 0.2) is 11.5 Å². The molecule has 170 valence electrons. The Hall–Kier alpha value is -3.59. The van der Waals surface area contributed by atoms with Gasteiger partial charge in [-0.15, -0.1) is 0 Å². The molecule has 0 aromatic heterocycles. The maximum absolute atomic E-state index is 13.2. The molecule has 0 saturated carbocycles. The number of hydrogen-bond acceptors (Lipinski definition) is 6. The van der Waals surface area contributed by atoms with Crippen LogP contribution in [0.2, 0.25) is 0 Å². The number of nitrogens with one attached hydrogen (secondary N) is 1. The molecule has 32 heavy (non-hydrogen) atoms. The topological polar surface area (TPSA) is 114 Å². The molecule has 2 aliphatic rings. The fourth-order valence-corrected chi connectivity index (χ4v) is 3.56. The predicted octanol–water partition coefficient (Wildman–Crippen LogP) is 3.04. The second-order valence-corrected chi connectivity index (χ2v) is 7.25. The molecule has 8 nitrogen and oxygen atoms in total. The van der Waals surface area contributed by atoms with Gasteiger partial charge in [0.05, 0.1) is 6.61 Å². The molecule has 0 unspecified atom stereocenters. The van der Waals surface area contributed by atoms with E-state index in [4.69, 9.17) is 24.4 Å². The summed E-state index contributed by atoms with van der Waals surface area (Å²) in [6.45, 7) is 2.74. The summed E-state index contributed by atoms with van der Waals surface area (Å²) in [5, 5.41) is 19.0. The number of fused-ring (bicyclic) bond motifs is 1. The zero-order valence-corrected chi connectivity index (χ0v) is 17.2. The first kappa shape index (κ1) is 23.1. The van der Waals surface area contributed by atoms with Crippen molar-refractivity contribution in [2.75, 3.05) is 26.5 Å². The summed E-state index contributed by atoms with van der Waals surface area (Å²) in [7, 11) is 0. The van der Waals surface area contributed by atoms with Crippen LogP contribution in [0.1, 0.15) is 17.9 Å². The third kappa shape index (κ3) is 6.71. The molecule has 0 radical (unpaired) electrons. The van der Waals surface area contributed by atoms with Crippen molar-refractivity contribution in [3.63, 3.8) is 0 Å². The zero-order chi connectivity index (χ0) is 22.9. The van der Waals surface area contributed by atoms with E-state index in [1.54, 1.807) is 0 Å². The molecular weight excluding hydrogens is 421 g/mol. The zero-order valence-electron chi connectivity index (χ0n) is 17.2. The van der Waals surface area contributed by atoms with Crippen molar-refractivity contribution in [1.29, 1.82) is 0 Å². The number of hydrogen-bond donors (Lipinski definition) is 3. The Morgan fingerprint density at radius 3 is 2.44 bits per heavy atom. The number of halogens is 1. The third-order valence-corrected chi connectivity index (χ3v) is 5.08.